The van der Waals surface area contributed by atoms with E-state index in [0.717, 1.165) is 36.6 Å². The molecule has 0 aromatic carbocycles. The summed E-state index contributed by atoms with van der Waals surface area (Å²) >= 11 is 0. The van der Waals surface area contributed by atoms with Gasteiger partial charge < -0.3 is 13.9 Å². The molecule has 0 spiro atoms. The summed E-state index contributed by atoms with van der Waals surface area (Å²) in [6.45, 7) is 4.88. The van der Waals surface area contributed by atoms with Crippen molar-refractivity contribution in [2.24, 2.45) is 5.92 Å². The van der Waals surface area contributed by atoms with Crippen molar-refractivity contribution < 1.29 is 18.7 Å². The molecule has 3 rings (SSSR count). The first kappa shape index (κ1) is 28.4. The first-order valence-electron chi connectivity index (χ1n) is 13.7. The molecule has 0 saturated carbocycles. The van der Waals surface area contributed by atoms with Crippen molar-refractivity contribution in [2.45, 2.75) is 84.5 Å². The monoisotopic (exact) mass is 508 g/mol. The first-order valence-corrected chi connectivity index (χ1v) is 13.7. The summed E-state index contributed by atoms with van der Waals surface area (Å²) in [5.74, 6) is 0.346. The average molecular weight is 509 g/mol. The van der Waals surface area contributed by atoms with Crippen LogP contribution < -0.4 is 10.4 Å². The highest BCUT2D eigenvalue weighted by Crippen LogP contribution is 2.22. The van der Waals surface area contributed by atoms with E-state index in [1.807, 2.05) is 19.9 Å². The quantitative estimate of drug-likeness (QED) is 0.142. The minimum Gasteiger partial charge on any atom is -0.478 e. The molecule has 0 aliphatic carbocycles. The Balaban J connectivity index is 1.21. The number of esters is 1. The van der Waals surface area contributed by atoms with Crippen molar-refractivity contribution >= 4 is 16.9 Å². The van der Waals surface area contributed by atoms with E-state index in [9.17, 15) is 9.59 Å². The largest absolute Gasteiger partial charge is 0.478 e. The molecule has 0 bridgehead atoms. The maximum atomic E-state index is 12.4. The molecule has 0 unspecified atom stereocenters. The van der Waals surface area contributed by atoms with Crippen LogP contribution >= 0.6 is 0 Å². The van der Waals surface area contributed by atoms with Crippen molar-refractivity contribution in [2.75, 3.05) is 13.2 Å². The fourth-order valence-electron chi connectivity index (χ4n) is 4.11. The molecule has 0 aliphatic rings. The van der Waals surface area contributed by atoms with Gasteiger partial charge in [-0.15, -0.1) is 0 Å². The number of nitrogens with zero attached hydrogens (tertiary/aromatic N) is 2. The highest BCUT2D eigenvalue weighted by atomic mass is 16.5. The number of hydrogen-bond donors (Lipinski definition) is 0. The fourth-order valence-corrected chi connectivity index (χ4v) is 4.11. The molecule has 7 nitrogen and oxygen atoms in total. The summed E-state index contributed by atoms with van der Waals surface area (Å²) in [5, 5.41) is 0.748. The van der Waals surface area contributed by atoms with Gasteiger partial charge in [0.2, 0.25) is 5.88 Å². The lowest BCUT2D eigenvalue weighted by Crippen LogP contribution is -2.12. The lowest BCUT2D eigenvalue weighted by molar-refractivity contribution is -0.147. The number of pyridine rings is 2. The summed E-state index contributed by atoms with van der Waals surface area (Å²) in [6.07, 6.45) is 18.0. The van der Waals surface area contributed by atoms with Crippen LogP contribution in [0.15, 0.2) is 52.1 Å². The number of carbonyl (C=O) groups excluding carboxylic acids is 1. The maximum absolute atomic E-state index is 12.4. The molecule has 0 saturated heterocycles. The van der Waals surface area contributed by atoms with E-state index in [-0.39, 0.29) is 11.9 Å². The fraction of sp³-hybridized carbons (Fsp3) is 0.533. The molecule has 37 heavy (non-hydrogen) atoms. The Bertz CT molecular complexity index is 1140. The molecule has 0 atom stereocenters. The Labute approximate surface area is 219 Å². The van der Waals surface area contributed by atoms with Gasteiger partial charge in [-0.25, -0.2) is 9.78 Å². The van der Waals surface area contributed by atoms with Crippen molar-refractivity contribution in [1.29, 1.82) is 0 Å². The van der Waals surface area contributed by atoms with Crippen LogP contribution in [0.3, 0.4) is 0 Å². The van der Waals surface area contributed by atoms with E-state index >= 15 is 0 Å². The second-order valence-electron chi connectivity index (χ2n) is 9.81. The molecule has 3 aromatic heterocycles. The van der Waals surface area contributed by atoms with Crippen LogP contribution in [0.5, 0.6) is 5.88 Å². The molecule has 7 heteroatoms. The van der Waals surface area contributed by atoms with Crippen LogP contribution in [0.4, 0.5) is 0 Å². The number of hydrogen-bond acceptors (Lipinski definition) is 7. The highest BCUT2D eigenvalue weighted by molar-refractivity contribution is 5.81. The average Bonchev–Trinajstić information content (AvgIpc) is 2.90. The van der Waals surface area contributed by atoms with E-state index in [4.69, 9.17) is 13.9 Å². The van der Waals surface area contributed by atoms with Crippen LogP contribution in [0.25, 0.3) is 22.1 Å². The normalized spacial score (nSPS) is 11.2. The van der Waals surface area contributed by atoms with Gasteiger partial charge in [-0.1, -0.05) is 77.7 Å². The smallest absolute Gasteiger partial charge is 0.344 e. The standard InChI is InChI=1S/C30H40N2O5/c1-23(2)29(33)36-18-13-11-9-7-5-3-4-6-8-10-12-17-35-28-20-27-25(22-32-28)19-26(30(34)37-27)24-15-14-16-31-21-24/h14-16,19-23H,3-13,17-18H2,1-2H3. The number of fused-ring (bicyclic) bond motifs is 1. The van der Waals surface area contributed by atoms with Crippen LogP contribution in [0.1, 0.15) is 84.5 Å². The Morgan fingerprint density at radius 1 is 0.892 bits per heavy atom. The zero-order chi connectivity index (χ0) is 26.3. The SMILES string of the molecule is CC(C)C(=O)OCCCCCCCCCCCCCOc1cc2oc(=O)c(-c3cccnc3)cc2cn1. The predicted molar refractivity (Wildman–Crippen MR) is 146 cm³/mol. The van der Waals surface area contributed by atoms with Crippen LogP contribution in [0, 0.1) is 5.92 Å². The van der Waals surface area contributed by atoms with E-state index in [2.05, 4.69) is 9.97 Å². The molecule has 0 radical (unpaired) electrons. The topological polar surface area (TPSA) is 91.5 Å². The third kappa shape index (κ3) is 9.98. The summed E-state index contributed by atoms with van der Waals surface area (Å²) in [4.78, 5) is 32.2. The first-order chi connectivity index (χ1) is 18.0. The number of unbranched alkanes of at least 4 members (excludes halogenated alkanes) is 10. The molecule has 200 valence electrons. The number of carbonyl (C=O) groups is 1. The minimum absolute atomic E-state index is 0.0346. The van der Waals surface area contributed by atoms with E-state index in [1.54, 1.807) is 36.8 Å². The van der Waals surface area contributed by atoms with Gasteiger partial charge in [-0.05, 0) is 25.0 Å². The van der Waals surface area contributed by atoms with E-state index < -0.39 is 5.63 Å². The van der Waals surface area contributed by atoms with Gasteiger partial charge in [0.25, 0.3) is 0 Å². The molecule has 3 aromatic rings. The Kier molecular flexibility index (Phi) is 12.1. The van der Waals surface area contributed by atoms with Gasteiger partial charge in [0.05, 0.1) is 24.7 Å². The van der Waals surface area contributed by atoms with Gasteiger partial charge in [-0.2, -0.15) is 0 Å². The lowest BCUT2D eigenvalue weighted by atomic mass is 10.1. The van der Waals surface area contributed by atoms with Crippen molar-refractivity contribution in [3.8, 4) is 17.0 Å². The number of rotatable bonds is 17. The van der Waals surface area contributed by atoms with E-state index in [1.165, 1.54) is 44.9 Å². The zero-order valence-electron chi connectivity index (χ0n) is 22.2. The van der Waals surface area contributed by atoms with Crippen LogP contribution in [-0.2, 0) is 9.53 Å². The van der Waals surface area contributed by atoms with Crippen LogP contribution in [0.2, 0.25) is 0 Å². The lowest BCUT2D eigenvalue weighted by Gasteiger charge is -2.07. The summed E-state index contributed by atoms with van der Waals surface area (Å²) in [5.41, 5.74) is 1.26. The molecule has 0 aliphatic heterocycles. The molecule has 0 N–H and O–H groups in total. The second-order valence-corrected chi connectivity index (χ2v) is 9.81. The minimum atomic E-state index is -0.401. The van der Waals surface area contributed by atoms with Crippen LogP contribution in [-0.4, -0.2) is 29.2 Å². The third-order valence-electron chi connectivity index (χ3n) is 6.32. The molecule has 3 heterocycles. The van der Waals surface area contributed by atoms with Crippen molar-refractivity contribution in [1.82, 2.24) is 9.97 Å². The molecule has 0 amide bonds. The molecule has 0 fully saturated rings. The van der Waals surface area contributed by atoms with Gasteiger partial charge in [0.1, 0.15) is 5.58 Å². The van der Waals surface area contributed by atoms with Crippen molar-refractivity contribution in [3.63, 3.8) is 0 Å². The third-order valence-corrected chi connectivity index (χ3v) is 6.32. The molecular formula is C30H40N2O5. The number of aromatic nitrogens is 2. The van der Waals surface area contributed by atoms with Gasteiger partial charge >= 0.3 is 11.6 Å². The summed E-state index contributed by atoms with van der Waals surface area (Å²) in [7, 11) is 0. The van der Waals surface area contributed by atoms with Crippen molar-refractivity contribution in [3.05, 3.63) is 53.3 Å². The number of ether oxygens (including phenoxy) is 2. The van der Waals surface area contributed by atoms with Gasteiger partial charge in [0, 0.05) is 35.6 Å². The Hall–Kier alpha value is -3.22. The van der Waals surface area contributed by atoms with Gasteiger partial charge in [-0.3, -0.25) is 9.78 Å². The summed E-state index contributed by atoms with van der Waals surface area (Å²) < 4.78 is 16.5. The zero-order valence-corrected chi connectivity index (χ0v) is 22.2. The Morgan fingerprint density at radius 3 is 2.16 bits per heavy atom. The van der Waals surface area contributed by atoms with E-state index in [0.29, 0.717) is 30.2 Å². The Morgan fingerprint density at radius 2 is 1.54 bits per heavy atom. The molecular weight excluding hydrogens is 468 g/mol. The van der Waals surface area contributed by atoms with Gasteiger partial charge in [0.15, 0.2) is 0 Å². The highest BCUT2D eigenvalue weighted by Gasteiger charge is 2.10. The summed E-state index contributed by atoms with van der Waals surface area (Å²) in [6, 6.07) is 7.08. The second kappa shape index (κ2) is 15.8. The predicted octanol–water partition coefficient (Wildman–Crippen LogP) is 7.12. The maximum Gasteiger partial charge on any atom is 0.344 e.